The van der Waals surface area contributed by atoms with E-state index >= 15 is 0 Å². The first-order valence-electron chi connectivity index (χ1n) is 8.94. The summed E-state index contributed by atoms with van der Waals surface area (Å²) in [7, 11) is 0. The molecule has 2 saturated heterocycles. The maximum Gasteiger partial charge on any atom is 0.410 e. The summed E-state index contributed by atoms with van der Waals surface area (Å²) >= 11 is 0. The van der Waals surface area contributed by atoms with Crippen LogP contribution in [0.4, 0.5) is 4.79 Å². The average Bonchev–Trinajstić information content (AvgIpc) is 3.00. The number of carbonyl (C=O) groups excluding carboxylic acids is 2. The lowest BCUT2D eigenvalue weighted by atomic mass is 9.81. The van der Waals surface area contributed by atoms with Crippen molar-refractivity contribution in [2.24, 2.45) is 5.92 Å². The van der Waals surface area contributed by atoms with E-state index in [1.54, 1.807) is 22.0 Å². The van der Waals surface area contributed by atoms with Crippen molar-refractivity contribution in [2.75, 3.05) is 13.2 Å². The van der Waals surface area contributed by atoms with E-state index in [1.165, 1.54) is 0 Å². The van der Waals surface area contributed by atoms with Crippen LogP contribution in [0.5, 0.6) is 0 Å². The minimum absolute atomic E-state index is 0.105. The number of hydrogen-bond acceptors (Lipinski definition) is 5. The first-order valence-corrected chi connectivity index (χ1v) is 8.94. The quantitative estimate of drug-likeness (QED) is 0.784. The average molecular weight is 349 g/mol. The lowest BCUT2D eigenvalue weighted by Gasteiger charge is -2.47. The van der Waals surface area contributed by atoms with Crippen LogP contribution in [0.2, 0.25) is 0 Å². The second kappa shape index (κ2) is 6.78. The highest BCUT2D eigenvalue weighted by molar-refractivity contribution is 5.97. The topological polar surface area (TPSA) is 73.7 Å². The molecular weight excluding hydrogens is 322 g/mol. The monoisotopic (exact) mass is 349 g/mol. The van der Waals surface area contributed by atoms with Crippen molar-refractivity contribution in [2.45, 2.75) is 64.8 Å². The lowest BCUT2D eigenvalue weighted by Crippen LogP contribution is -2.60. The van der Waals surface area contributed by atoms with Gasteiger partial charge in [0.25, 0.3) is 0 Å². The lowest BCUT2D eigenvalue weighted by molar-refractivity contribution is -0.0861. The Morgan fingerprint density at radius 3 is 2.44 bits per heavy atom. The molecule has 2 fully saturated rings. The van der Waals surface area contributed by atoms with Crippen molar-refractivity contribution in [1.82, 2.24) is 14.7 Å². The molecule has 138 valence electrons. The summed E-state index contributed by atoms with van der Waals surface area (Å²) in [5.74, 6) is 0.00697. The summed E-state index contributed by atoms with van der Waals surface area (Å²) in [5.41, 5.74) is 0.116. The molecule has 2 bridgehead atoms. The molecule has 0 aliphatic carbocycles. The molecule has 3 heterocycles. The predicted molar refractivity (Wildman–Crippen MR) is 91.4 cm³/mol. The number of rotatable bonds is 3. The van der Waals surface area contributed by atoms with Gasteiger partial charge in [0.1, 0.15) is 5.60 Å². The number of aryl methyl sites for hydroxylation is 1. The number of fused-ring (bicyclic) bond motifs is 2. The third kappa shape index (κ3) is 3.86. The number of Topliss-reactive ketones (excluding diaryl/α,β-unsaturated/α-hetero) is 1. The number of carbonyl (C=O) groups is 2. The Kier molecular flexibility index (Phi) is 4.86. The molecule has 0 spiro atoms. The van der Waals surface area contributed by atoms with Gasteiger partial charge >= 0.3 is 6.09 Å². The standard InChI is InChI=1S/C18H27N3O4/c1-5-20-9-13(8-19-20)16(22)12-6-14-10-24-11-15(7-12)21(14)17(23)25-18(2,3)4/h8-9,12,14-15H,5-7,10-11H2,1-4H3. The number of ether oxygens (including phenoxy) is 2. The van der Waals surface area contributed by atoms with Gasteiger partial charge in [-0.3, -0.25) is 14.4 Å². The first-order chi connectivity index (χ1) is 11.8. The van der Waals surface area contributed by atoms with Crippen molar-refractivity contribution in [3.8, 4) is 0 Å². The Morgan fingerprint density at radius 1 is 1.28 bits per heavy atom. The molecule has 0 radical (unpaired) electrons. The molecule has 25 heavy (non-hydrogen) atoms. The van der Waals surface area contributed by atoms with E-state index in [9.17, 15) is 9.59 Å². The highest BCUT2D eigenvalue weighted by Crippen LogP contribution is 2.34. The van der Waals surface area contributed by atoms with Crippen LogP contribution in [0.25, 0.3) is 0 Å². The largest absolute Gasteiger partial charge is 0.444 e. The highest BCUT2D eigenvalue weighted by atomic mass is 16.6. The van der Waals surface area contributed by atoms with Gasteiger partial charge in [-0.05, 0) is 40.5 Å². The zero-order valence-electron chi connectivity index (χ0n) is 15.4. The Morgan fingerprint density at radius 2 is 1.92 bits per heavy atom. The van der Waals surface area contributed by atoms with Crippen LogP contribution in [-0.4, -0.2) is 57.5 Å². The Balaban J connectivity index is 1.72. The van der Waals surface area contributed by atoms with Crippen LogP contribution in [-0.2, 0) is 16.0 Å². The highest BCUT2D eigenvalue weighted by Gasteiger charge is 2.45. The molecule has 7 heteroatoms. The molecule has 1 aromatic rings. The van der Waals surface area contributed by atoms with E-state index in [0.717, 1.165) is 6.54 Å². The molecule has 7 nitrogen and oxygen atoms in total. The molecule has 2 aliphatic heterocycles. The van der Waals surface area contributed by atoms with Crippen LogP contribution in [0.15, 0.2) is 12.4 Å². The minimum Gasteiger partial charge on any atom is -0.444 e. The summed E-state index contributed by atoms with van der Waals surface area (Å²) in [4.78, 5) is 27.2. The molecule has 2 unspecified atom stereocenters. The number of ketones is 1. The Bertz CT molecular complexity index is 635. The van der Waals surface area contributed by atoms with Gasteiger partial charge in [0.15, 0.2) is 5.78 Å². The fraction of sp³-hybridized carbons (Fsp3) is 0.722. The number of amides is 1. The molecule has 0 N–H and O–H groups in total. The number of morpholine rings is 1. The maximum absolute atomic E-state index is 12.8. The van der Waals surface area contributed by atoms with Gasteiger partial charge in [-0.1, -0.05) is 0 Å². The van der Waals surface area contributed by atoms with E-state index in [0.29, 0.717) is 31.6 Å². The van der Waals surface area contributed by atoms with Crippen molar-refractivity contribution in [3.05, 3.63) is 18.0 Å². The van der Waals surface area contributed by atoms with E-state index in [-0.39, 0.29) is 29.9 Å². The summed E-state index contributed by atoms with van der Waals surface area (Å²) in [6.45, 7) is 9.21. The third-order valence-corrected chi connectivity index (χ3v) is 4.74. The van der Waals surface area contributed by atoms with E-state index < -0.39 is 5.60 Å². The number of nitrogens with zero attached hydrogens (tertiary/aromatic N) is 3. The molecular formula is C18H27N3O4. The second-order valence-corrected chi connectivity index (χ2v) is 7.85. The Hall–Kier alpha value is -1.89. The Labute approximate surface area is 148 Å². The first kappa shape index (κ1) is 17.9. The van der Waals surface area contributed by atoms with Gasteiger partial charge in [0, 0.05) is 18.7 Å². The summed E-state index contributed by atoms with van der Waals surface area (Å²) in [6, 6.07) is -0.227. The van der Waals surface area contributed by atoms with Crippen LogP contribution in [0, 0.1) is 5.92 Å². The normalized spacial score (nSPS) is 26.4. The number of hydrogen-bond donors (Lipinski definition) is 0. The zero-order valence-corrected chi connectivity index (χ0v) is 15.4. The number of piperidine rings is 1. The summed E-state index contributed by atoms with van der Waals surface area (Å²) < 4.78 is 12.9. The molecule has 0 saturated carbocycles. The molecule has 3 rings (SSSR count). The fourth-order valence-electron chi connectivity index (χ4n) is 3.64. The van der Waals surface area contributed by atoms with E-state index in [2.05, 4.69) is 5.10 Å². The van der Waals surface area contributed by atoms with Gasteiger partial charge in [-0.2, -0.15) is 5.10 Å². The molecule has 2 aliphatic rings. The van der Waals surface area contributed by atoms with Gasteiger partial charge < -0.3 is 9.47 Å². The molecule has 1 amide bonds. The minimum atomic E-state index is -0.534. The SMILES string of the molecule is CCn1cc(C(=O)C2CC3COCC(C2)N3C(=O)OC(C)(C)C)cn1. The summed E-state index contributed by atoms with van der Waals surface area (Å²) in [6.07, 6.45) is 4.33. The summed E-state index contributed by atoms with van der Waals surface area (Å²) in [5, 5.41) is 4.19. The van der Waals surface area contributed by atoms with E-state index in [4.69, 9.17) is 9.47 Å². The maximum atomic E-state index is 12.8. The van der Waals surface area contributed by atoms with Crippen molar-refractivity contribution in [3.63, 3.8) is 0 Å². The van der Waals surface area contributed by atoms with Crippen LogP contribution in [0.1, 0.15) is 50.9 Å². The number of aromatic nitrogens is 2. The van der Waals surface area contributed by atoms with Crippen molar-refractivity contribution >= 4 is 11.9 Å². The molecule has 0 aromatic carbocycles. The molecule has 1 aromatic heterocycles. The zero-order chi connectivity index (χ0) is 18.2. The van der Waals surface area contributed by atoms with Gasteiger partial charge in [-0.15, -0.1) is 0 Å². The van der Waals surface area contributed by atoms with Crippen molar-refractivity contribution < 1.29 is 19.1 Å². The van der Waals surface area contributed by atoms with Crippen molar-refractivity contribution in [1.29, 1.82) is 0 Å². The van der Waals surface area contributed by atoms with Crippen LogP contribution < -0.4 is 0 Å². The van der Waals surface area contributed by atoms with Crippen LogP contribution in [0.3, 0.4) is 0 Å². The molecule has 2 atom stereocenters. The van der Waals surface area contributed by atoms with Gasteiger partial charge in [0.05, 0.1) is 37.1 Å². The smallest absolute Gasteiger partial charge is 0.410 e. The predicted octanol–water partition coefficient (Wildman–Crippen LogP) is 2.50. The van der Waals surface area contributed by atoms with Gasteiger partial charge in [-0.25, -0.2) is 4.79 Å². The van der Waals surface area contributed by atoms with Gasteiger partial charge in [0.2, 0.25) is 0 Å². The third-order valence-electron chi connectivity index (χ3n) is 4.74. The van der Waals surface area contributed by atoms with Crippen LogP contribution >= 0.6 is 0 Å². The second-order valence-electron chi connectivity index (χ2n) is 7.85. The fourth-order valence-corrected chi connectivity index (χ4v) is 3.64. The van der Waals surface area contributed by atoms with E-state index in [1.807, 2.05) is 27.7 Å².